The van der Waals surface area contributed by atoms with Gasteiger partial charge in [0.1, 0.15) is 6.10 Å². The zero-order valence-corrected chi connectivity index (χ0v) is 14.7. The second-order valence-corrected chi connectivity index (χ2v) is 7.38. The summed E-state index contributed by atoms with van der Waals surface area (Å²) < 4.78 is 11.6. The number of ether oxygens (including phenoxy) is 2. The Morgan fingerprint density at radius 2 is 2.09 bits per heavy atom. The molecular weight excluding hydrogens is 280 g/mol. The van der Waals surface area contributed by atoms with Crippen LogP contribution in [0.25, 0.3) is 0 Å². The fraction of sp³-hybridized carbons (Fsp3) is 0.941. The molecule has 0 bridgehead atoms. The lowest BCUT2D eigenvalue weighted by molar-refractivity contribution is -0.148. The Bertz CT molecular complexity index is 367. The summed E-state index contributed by atoms with van der Waals surface area (Å²) in [7, 11) is 4.17. The van der Waals surface area contributed by atoms with Gasteiger partial charge in [-0.2, -0.15) is 0 Å². The molecule has 2 saturated heterocycles. The van der Waals surface area contributed by atoms with E-state index >= 15 is 0 Å². The highest BCUT2D eigenvalue weighted by Gasteiger charge is 2.37. The molecule has 0 radical (unpaired) electrons. The van der Waals surface area contributed by atoms with Gasteiger partial charge in [0.15, 0.2) is 0 Å². The molecule has 0 aromatic carbocycles. The number of likely N-dealkylation sites (tertiary alicyclic amines) is 1. The van der Waals surface area contributed by atoms with E-state index < -0.39 is 0 Å². The van der Waals surface area contributed by atoms with E-state index in [1.165, 1.54) is 0 Å². The molecule has 1 amide bonds. The zero-order valence-electron chi connectivity index (χ0n) is 14.7. The van der Waals surface area contributed by atoms with E-state index in [1.54, 1.807) is 0 Å². The van der Waals surface area contributed by atoms with Crippen molar-refractivity contribution in [2.45, 2.75) is 51.9 Å². The molecule has 2 aliphatic rings. The minimum Gasteiger partial charge on any atom is -0.376 e. The van der Waals surface area contributed by atoms with Gasteiger partial charge in [0.2, 0.25) is 0 Å². The van der Waals surface area contributed by atoms with Crippen molar-refractivity contribution >= 4 is 5.91 Å². The SMILES string of the molecule is CC(C)[C@H](OC[C@@H]1CCCO1)C(=O)N1C[C@@H](C)[C@@H](N(C)C)C1. The van der Waals surface area contributed by atoms with Crippen LogP contribution in [0.1, 0.15) is 33.6 Å². The van der Waals surface area contributed by atoms with Gasteiger partial charge >= 0.3 is 0 Å². The number of hydrogen-bond acceptors (Lipinski definition) is 4. The van der Waals surface area contributed by atoms with Crippen LogP contribution in [0.3, 0.4) is 0 Å². The normalized spacial score (nSPS) is 30.5. The van der Waals surface area contributed by atoms with Crippen LogP contribution < -0.4 is 0 Å². The topological polar surface area (TPSA) is 42.0 Å². The van der Waals surface area contributed by atoms with Gasteiger partial charge in [-0.05, 0) is 38.8 Å². The summed E-state index contributed by atoms with van der Waals surface area (Å²) in [6.07, 6.45) is 1.96. The van der Waals surface area contributed by atoms with Gasteiger partial charge in [-0.25, -0.2) is 0 Å². The Morgan fingerprint density at radius 1 is 1.36 bits per heavy atom. The third-order valence-electron chi connectivity index (χ3n) is 4.88. The van der Waals surface area contributed by atoms with E-state index in [1.807, 2.05) is 4.90 Å². The van der Waals surface area contributed by atoms with Gasteiger partial charge < -0.3 is 19.3 Å². The summed E-state index contributed by atoms with van der Waals surface area (Å²) in [5.41, 5.74) is 0. The zero-order chi connectivity index (χ0) is 16.3. The molecule has 5 heteroatoms. The van der Waals surface area contributed by atoms with Crippen molar-refractivity contribution in [3.63, 3.8) is 0 Å². The molecule has 0 N–H and O–H groups in total. The Hall–Kier alpha value is -0.650. The lowest BCUT2D eigenvalue weighted by Crippen LogP contribution is -2.44. The van der Waals surface area contributed by atoms with Crippen molar-refractivity contribution in [3.05, 3.63) is 0 Å². The van der Waals surface area contributed by atoms with Crippen molar-refractivity contribution < 1.29 is 14.3 Å². The van der Waals surface area contributed by atoms with E-state index in [-0.39, 0.29) is 24.0 Å². The molecule has 0 saturated carbocycles. The maximum absolute atomic E-state index is 12.8. The predicted molar refractivity (Wildman–Crippen MR) is 86.8 cm³/mol. The highest BCUT2D eigenvalue weighted by atomic mass is 16.5. The lowest BCUT2D eigenvalue weighted by atomic mass is 10.1. The summed E-state index contributed by atoms with van der Waals surface area (Å²) in [5, 5.41) is 0. The molecule has 5 nitrogen and oxygen atoms in total. The van der Waals surface area contributed by atoms with Crippen molar-refractivity contribution in [1.29, 1.82) is 0 Å². The summed E-state index contributed by atoms with van der Waals surface area (Å²) >= 11 is 0. The van der Waals surface area contributed by atoms with Crippen LogP contribution in [0, 0.1) is 11.8 Å². The van der Waals surface area contributed by atoms with Gasteiger partial charge in [0.25, 0.3) is 5.91 Å². The molecule has 0 spiro atoms. The monoisotopic (exact) mass is 312 g/mol. The van der Waals surface area contributed by atoms with Crippen LogP contribution in [-0.4, -0.2) is 74.4 Å². The van der Waals surface area contributed by atoms with Crippen molar-refractivity contribution in [1.82, 2.24) is 9.80 Å². The number of carbonyl (C=O) groups excluding carboxylic acids is 1. The second-order valence-electron chi connectivity index (χ2n) is 7.38. The van der Waals surface area contributed by atoms with Crippen LogP contribution in [0.4, 0.5) is 0 Å². The molecule has 0 aliphatic carbocycles. The minimum atomic E-state index is -0.350. The third kappa shape index (κ3) is 4.21. The molecule has 0 aromatic rings. The smallest absolute Gasteiger partial charge is 0.252 e. The van der Waals surface area contributed by atoms with Crippen LogP contribution >= 0.6 is 0 Å². The molecule has 22 heavy (non-hydrogen) atoms. The molecule has 2 heterocycles. The van der Waals surface area contributed by atoms with Gasteiger partial charge in [0, 0.05) is 25.7 Å². The maximum atomic E-state index is 12.8. The van der Waals surface area contributed by atoms with E-state index in [9.17, 15) is 4.79 Å². The molecule has 2 aliphatic heterocycles. The van der Waals surface area contributed by atoms with E-state index in [2.05, 4.69) is 39.8 Å². The molecule has 128 valence electrons. The van der Waals surface area contributed by atoms with Crippen molar-refractivity contribution in [2.24, 2.45) is 11.8 Å². The molecule has 0 unspecified atom stereocenters. The Balaban J connectivity index is 1.91. The molecule has 2 fully saturated rings. The molecule has 2 rings (SSSR count). The van der Waals surface area contributed by atoms with Crippen molar-refractivity contribution in [2.75, 3.05) is 40.4 Å². The fourth-order valence-corrected chi connectivity index (χ4v) is 3.52. The average Bonchev–Trinajstić information content (AvgIpc) is 3.07. The van der Waals surface area contributed by atoms with Gasteiger partial charge in [-0.3, -0.25) is 4.79 Å². The van der Waals surface area contributed by atoms with Gasteiger partial charge in [-0.15, -0.1) is 0 Å². The molecular formula is C17H32N2O3. The molecule has 4 atom stereocenters. The standard InChI is InChI=1S/C17H32N2O3/c1-12(2)16(22-11-14-7-6-8-21-14)17(20)19-9-13(3)15(10-19)18(4)5/h12-16H,6-11H2,1-5H3/t13-,14+,15+,16+/m1/s1. The van der Waals surface area contributed by atoms with Crippen LogP contribution in [0.2, 0.25) is 0 Å². The first-order valence-corrected chi connectivity index (χ1v) is 8.58. The first-order valence-electron chi connectivity index (χ1n) is 8.58. The van der Waals surface area contributed by atoms with E-state index in [0.717, 1.165) is 32.5 Å². The Morgan fingerprint density at radius 3 is 2.59 bits per heavy atom. The molecule has 0 aromatic heterocycles. The minimum absolute atomic E-state index is 0.143. The first-order chi connectivity index (χ1) is 10.4. The first kappa shape index (κ1) is 17.7. The van der Waals surface area contributed by atoms with E-state index in [0.29, 0.717) is 18.6 Å². The Kier molecular flexibility index (Phi) is 6.24. The summed E-state index contributed by atoms with van der Waals surface area (Å²) in [6, 6.07) is 0.440. The highest BCUT2D eigenvalue weighted by molar-refractivity contribution is 5.81. The number of carbonyl (C=O) groups is 1. The van der Waals surface area contributed by atoms with Crippen LogP contribution in [-0.2, 0) is 14.3 Å². The Labute approximate surface area is 134 Å². The number of amides is 1. The average molecular weight is 312 g/mol. The highest BCUT2D eigenvalue weighted by Crippen LogP contribution is 2.23. The number of likely N-dealkylation sites (N-methyl/N-ethyl adjacent to an activating group) is 1. The summed E-state index contributed by atoms with van der Waals surface area (Å²) in [5.74, 6) is 0.830. The van der Waals surface area contributed by atoms with Gasteiger partial charge in [0.05, 0.1) is 12.7 Å². The largest absolute Gasteiger partial charge is 0.376 e. The summed E-state index contributed by atoms with van der Waals surface area (Å²) in [4.78, 5) is 17.0. The number of nitrogens with zero attached hydrogens (tertiary/aromatic N) is 2. The predicted octanol–water partition coefficient (Wildman–Crippen LogP) is 1.62. The van der Waals surface area contributed by atoms with Crippen LogP contribution in [0.5, 0.6) is 0 Å². The maximum Gasteiger partial charge on any atom is 0.252 e. The van der Waals surface area contributed by atoms with Crippen LogP contribution in [0.15, 0.2) is 0 Å². The summed E-state index contributed by atoms with van der Waals surface area (Å²) in [6.45, 7) is 9.32. The van der Waals surface area contributed by atoms with Crippen molar-refractivity contribution in [3.8, 4) is 0 Å². The fourth-order valence-electron chi connectivity index (χ4n) is 3.52. The second kappa shape index (κ2) is 7.75. The third-order valence-corrected chi connectivity index (χ3v) is 4.88. The quantitative estimate of drug-likeness (QED) is 0.747. The lowest BCUT2D eigenvalue weighted by Gasteiger charge is -2.27. The number of hydrogen-bond donors (Lipinski definition) is 0. The van der Waals surface area contributed by atoms with E-state index in [4.69, 9.17) is 9.47 Å². The van der Waals surface area contributed by atoms with Gasteiger partial charge in [-0.1, -0.05) is 20.8 Å². The number of rotatable bonds is 6.